The molecular formula is C42H60O14. The van der Waals surface area contributed by atoms with Crippen LogP contribution in [0.3, 0.4) is 0 Å². The standard InChI is InChI=1S/C42H60O14/c1-37(2)25-6-9-42-33(23(43)16-21-22-17-39(4,36(53)54)11-10-38(22,3)12-13-41(21,42)56-42)40(25,5)8-7-26(37)55-24-15-19(34(49)50)27(31(47)30(24)46)18-14-20(35(51)52)29(45)32(48)28(18)44/h16,18-20,22,24-33,44-48H,6-15,17H2,1-5H3,(H,49,50)(H,51,52)(H,53,54)/t18-,19+,20+,22+,24-,25?,26+,27?,28+,29-,30+,31+,32+,33?,38-,39+,40+,41+,42+/m1/s1. The minimum Gasteiger partial charge on any atom is -0.481 e. The van der Waals surface area contributed by atoms with Gasteiger partial charge in [0.25, 0.3) is 0 Å². The highest BCUT2D eigenvalue weighted by Gasteiger charge is 2.84. The van der Waals surface area contributed by atoms with Gasteiger partial charge in [-0.1, -0.05) is 27.7 Å². The number of epoxide rings is 1. The third kappa shape index (κ3) is 5.30. The molecule has 8 aliphatic rings. The first-order valence-electron chi connectivity index (χ1n) is 20.7. The lowest BCUT2D eigenvalue weighted by molar-refractivity contribution is -0.236. The molecule has 1 saturated heterocycles. The highest BCUT2D eigenvalue weighted by Crippen LogP contribution is 2.78. The number of aliphatic hydroxyl groups is 5. The normalized spacial score (nSPS) is 54.5. The molecule has 1 heterocycles. The van der Waals surface area contributed by atoms with Crippen molar-refractivity contribution in [3.63, 3.8) is 0 Å². The van der Waals surface area contributed by atoms with E-state index < -0.39 is 124 Å². The molecule has 8 rings (SSSR count). The Bertz CT molecular complexity index is 1730. The van der Waals surface area contributed by atoms with Crippen LogP contribution in [0.4, 0.5) is 0 Å². The highest BCUT2D eigenvalue weighted by atomic mass is 16.6. The number of aliphatic hydroxyl groups excluding tert-OH is 5. The fraction of sp³-hybridized carbons (Fsp3) is 0.857. The Morgan fingerprint density at radius 1 is 0.750 bits per heavy atom. The maximum atomic E-state index is 14.6. The molecule has 14 heteroatoms. The second-order valence-corrected chi connectivity index (χ2v) is 20.7. The van der Waals surface area contributed by atoms with E-state index in [1.807, 2.05) is 13.0 Å². The molecule has 6 saturated carbocycles. The molecule has 8 N–H and O–H groups in total. The number of rotatable bonds is 6. The van der Waals surface area contributed by atoms with Crippen LogP contribution in [0.5, 0.6) is 0 Å². The number of ketones is 1. The number of allylic oxidation sites excluding steroid dienone is 1. The number of carbonyl (C=O) groups excluding carboxylic acids is 1. The third-order valence-electron chi connectivity index (χ3n) is 17.8. The average molecular weight is 789 g/mol. The molecule has 1 aliphatic heterocycles. The zero-order valence-electron chi connectivity index (χ0n) is 33.0. The number of ether oxygens (including phenoxy) is 2. The predicted molar refractivity (Wildman–Crippen MR) is 195 cm³/mol. The lowest BCUT2D eigenvalue weighted by Crippen LogP contribution is -2.65. The van der Waals surface area contributed by atoms with Gasteiger partial charge in [0.15, 0.2) is 5.78 Å². The molecule has 14 nitrogen and oxygen atoms in total. The van der Waals surface area contributed by atoms with Gasteiger partial charge in [0.1, 0.15) is 23.4 Å². The minimum atomic E-state index is -1.89. The molecule has 0 radical (unpaired) electrons. The van der Waals surface area contributed by atoms with Crippen molar-refractivity contribution in [2.45, 2.75) is 159 Å². The van der Waals surface area contributed by atoms with Crippen LogP contribution < -0.4 is 0 Å². The molecular weight excluding hydrogens is 728 g/mol. The van der Waals surface area contributed by atoms with Gasteiger partial charge in [-0.3, -0.25) is 19.2 Å². The van der Waals surface area contributed by atoms with Crippen molar-refractivity contribution in [2.75, 3.05) is 0 Å². The van der Waals surface area contributed by atoms with E-state index in [1.165, 1.54) is 0 Å². The molecule has 0 aromatic heterocycles. The SMILES string of the molecule is CC1(C)C2CC[C@@]34O[C@]35CC[C@@]3(C)CC[C@](C)(C(=O)O)C[C@H]3C5=CC(=O)C4[C@@]2(C)CC[C@@H]1O[C@@H]1C[C@H](C(=O)O)C([C@H]2C[C@H](C(=O)O)[C@@H](O)[C@@H](O)[C@H]2O)[C@H](O)[C@H]1O. The molecule has 3 unspecified atom stereocenters. The smallest absolute Gasteiger partial charge is 0.309 e. The van der Waals surface area contributed by atoms with E-state index in [4.69, 9.17) is 9.47 Å². The van der Waals surface area contributed by atoms with Gasteiger partial charge in [0, 0.05) is 5.92 Å². The van der Waals surface area contributed by atoms with E-state index in [1.54, 1.807) is 0 Å². The first-order chi connectivity index (χ1) is 26.0. The maximum Gasteiger partial charge on any atom is 0.309 e. The second kappa shape index (κ2) is 12.8. The van der Waals surface area contributed by atoms with E-state index >= 15 is 0 Å². The highest BCUT2D eigenvalue weighted by molar-refractivity contribution is 5.97. The van der Waals surface area contributed by atoms with Crippen molar-refractivity contribution in [3.8, 4) is 0 Å². The van der Waals surface area contributed by atoms with E-state index in [2.05, 4.69) is 27.7 Å². The van der Waals surface area contributed by atoms with Gasteiger partial charge in [-0.25, -0.2) is 0 Å². The maximum absolute atomic E-state index is 14.6. The molecule has 312 valence electrons. The number of carboxylic acid groups (broad SMARTS) is 3. The molecule has 0 amide bonds. The Balaban J connectivity index is 1.03. The largest absolute Gasteiger partial charge is 0.481 e. The molecule has 56 heavy (non-hydrogen) atoms. The quantitative estimate of drug-likeness (QED) is 0.180. The van der Waals surface area contributed by atoms with Gasteiger partial charge >= 0.3 is 17.9 Å². The summed E-state index contributed by atoms with van der Waals surface area (Å²) in [5, 5.41) is 85.0. The van der Waals surface area contributed by atoms with Gasteiger partial charge in [-0.15, -0.1) is 0 Å². The first-order valence-corrected chi connectivity index (χ1v) is 20.7. The summed E-state index contributed by atoms with van der Waals surface area (Å²) in [5.41, 5.74) is -2.22. The Morgan fingerprint density at radius 3 is 2.05 bits per heavy atom. The first kappa shape index (κ1) is 40.3. The fourth-order valence-electron chi connectivity index (χ4n) is 14.5. The number of aliphatic carboxylic acids is 3. The summed E-state index contributed by atoms with van der Waals surface area (Å²) in [6, 6.07) is 0. The van der Waals surface area contributed by atoms with Crippen LogP contribution >= 0.6 is 0 Å². The van der Waals surface area contributed by atoms with Crippen LogP contribution in [0.25, 0.3) is 0 Å². The number of hydrogen-bond acceptors (Lipinski definition) is 11. The summed E-state index contributed by atoms with van der Waals surface area (Å²) in [7, 11) is 0. The second-order valence-electron chi connectivity index (χ2n) is 20.7. The predicted octanol–water partition coefficient (Wildman–Crippen LogP) is 2.55. The number of hydrogen-bond donors (Lipinski definition) is 8. The van der Waals surface area contributed by atoms with E-state index in [0.29, 0.717) is 32.1 Å². The summed E-state index contributed by atoms with van der Waals surface area (Å²) in [6.45, 7) is 10.4. The van der Waals surface area contributed by atoms with Crippen LogP contribution in [0.2, 0.25) is 0 Å². The van der Waals surface area contributed by atoms with E-state index in [0.717, 1.165) is 31.3 Å². The summed E-state index contributed by atoms with van der Waals surface area (Å²) in [4.78, 5) is 51.7. The van der Waals surface area contributed by atoms with E-state index in [-0.39, 0.29) is 29.5 Å². The zero-order valence-corrected chi connectivity index (χ0v) is 33.0. The van der Waals surface area contributed by atoms with Crippen LogP contribution in [0.1, 0.15) is 105 Å². The van der Waals surface area contributed by atoms with Gasteiger partial charge in [0.2, 0.25) is 0 Å². The number of fused-ring (bicyclic) bond motifs is 4. The van der Waals surface area contributed by atoms with E-state index in [9.17, 15) is 60.0 Å². The minimum absolute atomic E-state index is 0.0182. The fourth-order valence-corrected chi connectivity index (χ4v) is 14.5. The zero-order chi connectivity index (χ0) is 40.9. The third-order valence-corrected chi connectivity index (χ3v) is 17.8. The average Bonchev–Trinajstić information content (AvgIpc) is 3.77. The van der Waals surface area contributed by atoms with Crippen molar-refractivity contribution in [3.05, 3.63) is 11.6 Å². The number of carbonyl (C=O) groups is 4. The topological polar surface area (TPSA) is 252 Å². The van der Waals surface area contributed by atoms with Crippen molar-refractivity contribution in [1.82, 2.24) is 0 Å². The van der Waals surface area contributed by atoms with Crippen LogP contribution in [0, 0.1) is 63.1 Å². The van der Waals surface area contributed by atoms with Gasteiger partial charge in [-0.2, -0.15) is 0 Å². The van der Waals surface area contributed by atoms with Crippen LogP contribution in [-0.2, 0) is 28.7 Å². The van der Waals surface area contributed by atoms with Crippen LogP contribution in [-0.4, -0.2) is 118 Å². The summed E-state index contributed by atoms with van der Waals surface area (Å²) in [6.07, 6.45) is -3.05. The molecule has 7 aliphatic carbocycles. The summed E-state index contributed by atoms with van der Waals surface area (Å²) in [5.74, 6) is -9.43. The summed E-state index contributed by atoms with van der Waals surface area (Å²) < 4.78 is 13.6. The monoisotopic (exact) mass is 788 g/mol. The Morgan fingerprint density at radius 2 is 1.41 bits per heavy atom. The molecule has 19 atom stereocenters. The van der Waals surface area contributed by atoms with Gasteiger partial charge in [-0.05, 0) is 123 Å². The Labute approximate surface area is 326 Å². The van der Waals surface area contributed by atoms with Crippen LogP contribution in [0.15, 0.2) is 11.6 Å². The van der Waals surface area contributed by atoms with Crippen molar-refractivity contribution in [2.24, 2.45) is 63.1 Å². The summed E-state index contributed by atoms with van der Waals surface area (Å²) >= 11 is 0. The molecule has 0 aromatic rings. The molecule has 7 fully saturated rings. The lowest BCUT2D eigenvalue weighted by Gasteiger charge is -2.62. The van der Waals surface area contributed by atoms with Crippen molar-refractivity contribution < 1.29 is 69.5 Å². The van der Waals surface area contributed by atoms with Gasteiger partial charge < -0.3 is 50.3 Å². The molecule has 2 spiro atoms. The lowest BCUT2D eigenvalue weighted by atomic mass is 9.40. The molecule has 0 aromatic carbocycles. The van der Waals surface area contributed by atoms with Gasteiger partial charge in [0.05, 0.1) is 53.7 Å². The Kier molecular flexibility index (Phi) is 9.20. The van der Waals surface area contributed by atoms with Crippen molar-refractivity contribution >= 4 is 23.7 Å². The van der Waals surface area contributed by atoms with Crippen molar-refractivity contribution in [1.29, 1.82) is 0 Å². The Hall–Kier alpha value is -2.46. The molecule has 0 bridgehead atoms. The number of carboxylic acids is 3.